The van der Waals surface area contributed by atoms with Gasteiger partial charge in [0, 0.05) is 25.6 Å². The standard InChI is InChI=1S/C9H11N5O/c1-13-6-11-4-8(13)5-12-9(15)14-3-2-10-7-14/h2-4,6-7H,5H2,1H3,(H,12,15). The molecule has 0 atom stereocenters. The van der Waals surface area contributed by atoms with Gasteiger partial charge in [0.05, 0.1) is 18.6 Å². The number of carbonyl (C=O) groups is 1. The minimum atomic E-state index is -0.200. The van der Waals surface area contributed by atoms with E-state index >= 15 is 0 Å². The van der Waals surface area contributed by atoms with Crippen LogP contribution >= 0.6 is 0 Å². The van der Waals surface area contributed by atoms with Crippen LogP contribution in [0, 0.1) is 0 Å². The molecular weight excluding hydrogens is 194 g/mol. The zero-order valence-corrected chi connectivity index (χ0v) is 8.29. The second-order valence-corrected chi connectivity index (χ2v) is 3.12. The number of hydrogen-bond donors (Lipinski definition) is 1. The Kier molecular flexibility index (Phi) is 2.49. The largest absolute Gasteiger partial charge is 0.336 e. The Morgan fingerprint density at radius 3 is 2.93 bits per heavy atom. The molecule has 1 N–H and O–H groups in total. The maximum atomic E-state index is 11.5. The summed E-state index contributed by atoms with van der Waals surface area (Å²) >= 11 is 0. The third kappa shape index (κ3) is 2.04. The first kappa shape index (κ1) is 9.45. The van der Waals surface area contributed by atoms with Crippen LogP contribution in [0.15, 0.2) is 31.2 Å². The van der Waals surface area contributed by atoms with Crippen molar-refractivity contribution < 1.29 is 4.79 Å². The fraction of sp³-hybridized carbons (Fsp3) is 0.222. The van der Waals surface area contributed by atoms with Crippen LogP contribution in [0.5, 0.6) is 0 Å². The molecule has 0 aliphatic heterocycles. The maximum absolute atomic E-state index is 11.5. The van der Waals surface area contributed by atoms with Crippen molar-refractivity contribution in [3.63, 3.8) is 0 Å². The number of nitrogens with zero attached hydrogens (tertiary/aromatic N) is 4. The molecule has 0 bridgehead atoms. The average Bonchev–Trinajstić information content (AvgIpc) is 2.85. The van der Waals surface area contributed by atoms with Crippen molar-refractivity contribution in [2.24, 2.45) is 7.05 Å². The Morgan fingerprint density at radius 2 is 2.33 bits per heavy atom. The third-order valence-electron chi connectivity index (χ3n) is 2.08. The van der Waals surface area contributed by atoms with E-state index in [1.165, 1.54) is 10.9 Å². The Bertz CT molecular complexity index is 445. The van der Waals surface area contributed by atoms with Crippen LogP contribution < -0.4 is 5.32 Å². The molecular formula is C9H11N5O. The SMILES string of the molecule is Cn1cncc1CNC(=O)n1ccnc1. The summed E-state index contributed by atoms with van der Waals surface area (Å²) in [5.74, 6) is 0. The van der Waals surface area contributed by atoms with Crippen LogP contribution in [0.1, 0.15) is 5.69 Å². The fourth-order valence-corrected chi connectivity index (χ4v) is 1.19. The van der Waals surface area contributed by atoms with Gasteiger partial charge in [-0.25, -0.2) is 14.8 Å². The number of rotatable bonds is 2. The highest BCUT2D eigenvalue weighted by atomic mass is 16.2. The molecule has 6 nitrogen and oxygen atoms in total. The van der Waals surface area contributed by atoms with Crippen molar-refractivity contribution in [1.29, 1.82) is 0 Å². The predicted octanol–water partition coefficient (Wildman–Crippen LogP) is 0.374. The zero-order chi connectivity index (χ0) is 10.7. The van der Waals surface area contributed by atoms with Gasteiger partial charge in [-0.1, -0.05) is 0 Å². The monoisotopic (exact) mass is 205 g/mol. The number of aryl methyl sites for hydroxylation is 1. The minimum absolute atomic E-state index is 0.200. The lowest BCUT2D eigenvalue weighted by Gasteiger charge is -2.05. The van der Waals surface area contributed by atoms with Gasteiger partial charge in [-0.3, -0.25) is 4.57 Å². The van der Waals surface area contributed by atoms with E-state index in [9.17, 15) is 4.79 Å². The number of carbonyl (C=O) groups excluding carboxylic acids is 1. The van der Waals surface area contributed by atoms with Crippen molar-refractivity contribution >= 4 is 6.03 Å². The van der Waals surface area contributed by atoms with Crippen LogP contribution in [-0.4, -0.2) is 25.1 Å². The molecule has 0 saturated carbocycles. The van der Waals surface area contributed by atoms with Gasteiger partial charge in [0.25, 0.3) is 0 Å². The number of nitrogens with one attached hydrogen (secondary N) is 1. The molecule has 78 valence electrons. The molecule has 0 radical (unpaired) electrons. The van der Waals surface area contributed by atoms with Gasteiger partial charge in [0.1, 0.15) is 6.33 Å². The first-order valence-corrected chi connectivity index (χ1v) is 4.49. The summed E-state index contributed by atoms with van der Waals surface area (Å²) in [6.07, 6.45) is 8.02. The molecule has 2 aromatic rings. The van der Waals surface area contributed by atoms with Crippen LogP contribution in [0.2, 0.25) is 0 Å². The molecule has 15 heavy (non-hydrogen) atoms. The lowest BCUT2D eigenvalue weighted by molar-refractivity contribution is 0.241. The van der Waals surface area contributed by atoms with E-state index in [1.54, 1.807) is 24.9 Å². The molecule has 1 amide bonds. The Balaban J connectivity index is 1.95. The second-order valence-electron chi connectivity index (χ2n) is 3.12. The summed E-state index contributed by atoms with van der Waals surface area (Å²) in [4.78, 5) is 19.2. The number of hydrogen-bond acceptors (Lipinski definition) is 3. The van der Waals surface area contributed by atoms with Gasteiger partial charge >= 0.3 is 6.03 Å². The average molecular weight is 205 g/mol. The molecule has 0 aliphatic carbocycles. The third-order valence-corrected chi connectivity index (χ3v) is 2.08. The van der Waals surface area contributed by atoms with Gasteiger partial charge in [0.2, 0.25) is 0 Å². The highest BCUT2D eigenvalue weighted by Crippen LogP contribution is 1.95. The first-order chi connectivity index (χ1) is 7.27. The molecule has 0 fully saturated rings. The van der Waals surface area contributed by atoms with Crippen LogP contribution in [0.25, 0.3) is 0 Å². The van der Waals surface area contributed by atoms with E-state index in [0.717, 1.165) is 5.69 Å². The number of aromatic nitrogens is 4. The van der Waals surface area contributed by atoms with Crippen molar-refractivity contribution in [2.45, 2.75) is 6.54 Å². The van der Waals surface area contributed by atoms with Crippen molar-refractivity contribution in [3.05, 3.63) is 36.9 Å². The maximum Gasteiger partial charge on any atom is 0.327 e. The Hall–Kier alpha value is -2.11. The van der Waals surface area contributed by atoms with Crippen molar-refractivity contribution in [2.75, 3.05) is 0 Å². The lowest BCUT2D eigenvalue weighted by Crippen LogP contribution is -2.27. The Morgan fingerprint density at radius 1 is 1.47 bits per heavy atom. The van der Waals surface area contributed by atoms with Gasteiger partial charge in [-0.2, -0.15) is 0 Å². The molecule has 2 heterocycles. The van der Waals surface area contributed by atoms with Gasteiger partial charge in [0.15, 0.2) is 0 Å². The van der Waals surface area contributed by atoms with Crippen molar-refractivity contribution in [3.8, 4) is 0 Å². The van der Waals surface area contributed by atoms with E-state index in [0.29, 0.717) is 6.54 Å². The first-order valence-electron chi connectivity index (χ1n) is 4.49. The quantitative estimate of drug-likeness (QED) is 0.770. The van der Waals surface area contributed by atoms with E-state index in [2.05, 4.69) is 15.3 Å². The van der Waals surface area contributed by atoms with Gasteiger partial charge in [-0.15, -0.1) is 0 Å². The fourth-order valence-electron chi connectivity index (χ4n) is 1.19. The second kappa shape index (κ2) is 3.95. The predicted molar refractivity (Wildman–Crippen MR) is 53.1 cm³/mol. The summed E-state index contributed by atoms with van der Waals surface area (Å²) in [6, 6.07) is -0.200. The van der Waals surface area contributed by atoms with Crippen LogP contribution in [0.4, 0.5) is 4.79 Å². The van der Waals surface area contributed by atoms with Crippen LogP contribution in [0.3, 0.4) is 0 Å². The number of imidazole rings is 2. The smallest absolute Gasteiger partial charge is 0.327 e. The summed E-state index contributed by atoms with van der Waals surface area (Å²) in [5, 5.41) is 2.75. The summed E-state index contributed by atoms with van der Waals surface area (Å²) < 4.78 is 3.24. The molecule has 0 aromatic carbocycles. The lowest BCUT2D eigenvalue weighted by atomic mass is 10.4. The Labute approximate surface area is 86.6 Å². The van der Waals surface area contributed by atoms with E-state index < -0.39 is 0 Å². The minimum Gasteiger partial charge on any atom is -0.336 e. The molecule has 0 unspecified atom stereocenters. The summed E-state index contributed by atoms with van der Waals surface area (Å²) in [7, 11) is 1.88. The molecule has 2 rings (SSSR count). The molecule has 0 spiro atoms. The van der Waals surface area contributed by atoms with Crippen LogP contribution in [-0.2, 0) is 13.6 Å². The molecule has 6 heteroatoms. The highest BCUT2D eigenvalue weighted by molar-refractivity contribution is 5.76. The van der Waals surface area contributed by atoms with E-state index in [4.69, 9.17) is 0 Å². The topological polar surface area (TPSA) is 64.7 Å². The van der Waals surface area contributed by atoms with Gasteiger partial charge < -0.3 is 9.88 Å². The van der Waals surface area contributed by atoms with E-state index in [-0.39, 0.29) is 6.03 Å². The van der Waals surface area contributed by atoms with E-state index in [1.807, 2.05) is 11.6 Å². The summed E-state index contributed by atoms with van der Waals surface area (Å²) in [6.45, 7) is 0.452. The van der Waals surface area contributed by atoms with Gasteiger partial charge in [-0.05, 0) is 0 Å². The summed E-state index contributed by atoms with van der Waals surface area (Å²) in [5.41, 5.74) is 0.948. The molecule has 2 aromatic heterocycles. The molecule has 0 aliphatic rings. The molecule has 0 saturated heterocycles. The normalized spacial score (nSPS) is 10.2. The van der Waals surface area contributed by atoms with Crippen molar-refractivity contribution in [1.82, 2.24) is 24.4 Å². The highest BCUT2D eigenvalue weighted by Gasteiger charge is 2.04. The number of amides is 1. The zero-order valence-electron chi connectivity index (χ0n) is 8.29.